The molecule has 8 heteroatoms. The maximum absolute atomic E-state index is 12.4. The van der Waals surface area contributed by atoms with Gasteiger partial charge in [0.15, 0.2) is 0 Å². The monoisotopic (exact) mass is 329 g/mol. The maximum atomic E-state index is 12.4. The number of hydrogen-bond acceptors (Lipinski definition) is 6. The van der Waals surface area contributed by atoms with Crippen LogP contribution in [0.1, 0.15) is 23.3 Å². The van der Waals surface area contributed by atoms with Crippen molar-refractivity contribution in [1.29, 1.82) is 0 Å². The van der Waals surface area contributed by atoms with E-state index in [9.17, 15) is 4.79 Å². The number of nitrogens with zero attached hydrogens (tertiary/aromatic N) is 6. The lowest BCUT2D eigenvalue weighted by Crippen LogP contribution is -2.48. The standard InChI is InChI=1S/C16H23N7O/c1-21(2)14-7-8-17-16(20-14)23-10-4-5-12(11-23)19-15(24)13-6-9-18-22(13)3/h6-9,12H,4-5,10-11H2,1-3H3,(H,19,24). The quantitative estimate of drug-likeness (QED) is 0.888. The van der Waals surface area contributed by atoms with E-state index in [0.717, 1.165) is 25.2 Å². The molecule has 1 atom stereocenters. The smallest absolute Gasteiger partial charge is 0.269 e. The van der Waals surface area contributed by atoms with E-state index in [1.807, 2.05) is 25.1 Å². The Balaban J connectivity index is 1.67. The number of anilines is 2. The van der Waals surface area contributed by atoms with Gasteiger partial charge >= 0.3 is 0 Å². The van der Waals surface area contributed by atoms with Crippen LogP contribution in [-0.4, -0.2) is 58.9 Å². The van der Waals surface area contributed by atoms with Gasteiger partial charge in [-0.05, 0) is 25.0 Å². The topological polar surface area (TPSA) is 79.2 Å². The van der Waals surface area contributed by atoms with Gasteiger partial charge in [0.25, 0.3) is 5.91 Å². The first kappa shape index (κ1) is 16.2. The van der Waals surface area contributed by atoms with E-state index in [0.29, 0.717) is 18.2 Å². The van der Waals surface area contributed by atoms with Gasteiger partial charge in [-0.2, -0.15) is 10.1 Å². The number of amides is 1. The Hall–Kier alpha value is -2.64. The van der Waals surface area contributed by atoms with Crippen molar-refractivity contribution < 1.29 is 4.79 Å². The molecule has 2 aromatic heterocycles. The summed E-state index contributed by atoms with van der Waals surface area (Å²) in [6, 6.07) is 3.68. The highest BCUT2D eigenvalue weighted by Crippen LogP contribution is 2.18. The van der Waals surface area contributed by atoms with E-state index in [4.69, 9.17) is 0 Å². The second kappa shape index (κ2) is 6.86. The van der Waals surface area contributed by atoms with Gasteiger partial charge in [0.05, 0.1) is 0 Å². The molecule has 128 valence electrons. The fraction of sp³-hybridized carbons (Fsp3) is 0.500. The molecule has 1 saturated heterocycles. The largest absolute Gasteiger partial charge is 0.363 e. The Morgan fingerprint density at radius 1 is 1.33 bits per heavy atom. The molecule has 3 rings (SSSR count). The van der Waals surface area contributed by atoms with Crippen LogP contribution in [0.15, 0.2) is 24.5 Å². The zero-order valence-electron chi connectivity index (χ0n) is 14.3. The molecule has 1 N–H and O–H groups in total. The van der Waals surface area contributed by atoms with E-state index in [2.05, 4.69) is 25.3 Å². The normalized spacial score (nSPS) is 17.6. The molecule has 1 aliphatic rings. The second-order valence-electron chi connectivity index (χ2n) is 6.21. The molecule has 0 spiro atoms. The van der Waals surface area contributed by atoms with Gasteiger partial charge in [-0.25, -0.2) is 4.98 Å². The predicted octanol–water partition coefficient (Wildman–Crippen LogP) is 0.675. The number of piperidine rings is 1. The molecule has 0 bridgehead atoms. The zero-order valence-corrected chi connectivity index (χ0v) is 14.3. The SMILES string of the molecule is CN(C)c1ccnc(N2CCCC(NC(=O)c3ccnn3C)C2)n1. The van der Waals surface area contributed by atoms with Crippen LogP contribution < -0.4 is 15.1 Å². The molecule has 1 unspecified atom stereocenters. The summed E-state index contributed by atoms with van der Waals surface area (Å²) in [7, 11) is 5.68. The van der Waals surface area contributed by atoms with E-state index < -0.39 is 0 Å². The molecule has 1 fully saturated rings. The summed E-state index contributed by atoms with van der Waals surface area (Å²) in [5.74, 6) is 1.49. The Bertz CT molecular complexity index is 712. The molecule has 0 aliphatic carbocycles. The Morgan fingerprint density at radius 3 is 2.88 bits per heavy atom. The van der Waals surface area contributed by atoms with Crippen molar-refractivity contribution in [3.63, 3.8) is 0 Å². The van der Waals surface area contributed by atoms with Crippen LogP contribution in [-0.2, 0) is 7.05 Å². The summed E-state index contributed by atoms with van der Waals surface area (Å²) >= 11 is 0. The Kier molecular flexibility index (Phi) is 4.64. The summed E-state index contributed by atoms with van der Waals surface area (Å²) in [6.45, 7) is 1.61. The minimum absolute atomic E-state index is 0.0766. The van der Waals surface area contributed by atoms with Gasteiger partial charge in [-0.3, -0.25) is 9.48 Å². The summed E-state index contributed by atoms with van der Waals surface area (Å²) in [4.78, 5) is 25.4. The maximum Gasteiger partial charge on any atom is 0.269 e. The number of rotatable bonds is 4. The lowest BCUT2D eigenvalue weighted by atomic mass is 10.1. The number of carbonyl (C=O) groups excluding carboxylic acids is 1. The van der Waals surface area contributed by atoms with Crippen LogP contribution in [0.4, 0.5) is 11.8 Å². The fourth-order valence-corrected chi connectivity index (χ4v) is 2.87. The average Bonchev–Trinajstić information content (AvgIpc) is 3.01. The number of nitrogens with one attached hydrogen (secondary N) is 1. The van der Waals surface area contributed by atoms with Crippen molar-refractivity contribution in [3.05, 3.63) is 30.2 Å². The number of carbonyl (C=O) groups is 1. The average molecular weight is 329 g/mol. The molecular formula is C16H23N7O. The predicted molar refractivity (Wildman–Crippen MR) is 92.3 cm³/mol. The van der Waals surface area contributed by atoms with Crippen molar-refractivity contribution in [2.75, 3.05) is 37.0 Å². The summed E-state index contributed by atoms with van der Waals surface area (Å²) in [5, 5.41) is 7.13. The Labute approximate surface area is 141 Å². The molecule has 3 heterocycles. The van der Waals surface area contributed by atoms with Gasteiger partial charge in [0.2, 0.25) is 5.95 Å². The number of aryl methyl sites for hydroxylation is 1. The molecule has 2 aromatic rings. The molecule has 0 saturated carbocycles. The zero-order chi connectivity index (χ0) is 17.1. The highest BCUT2D eigenvalue weighted by molar-refractivity contribution is 5.92. The third kappa shape index (κ3) is 3.47. The van der Waals surface area contributed by atoms with Crippen LogP contribution in [0.2, 0.25) is 0 Å². The fourth-order valence-electron chi connectivity index (χ4n) is 2.87. The third-order valence-corrected chi connectivity index (χ3v) is 4.18. The molecule has 0 aromatic carbocycles. The van der Waals surface area contributed by atoms with Crippen LogP contribution in [0.5, 0.6) is 0 Å². The lowest BCUT2D eigenvalue weighted by molar-refractivity contribution is 0.0923. The van der Waals surface area contributed by atoms with E-state index in [1.165, 1.54) is 0 Å². The van der Waals surface area contributed by atoms with Gasteiger partial charge in [-0.1, -0.05) is 0 Å². The van der Waals surface area contributed by atoms with Gasteiger partial charge in [-0.15, -0.1) is 0 Å². The second-order valence-corrected chi connectivity index (χ2v) is 6.21. The molecule has 8 nitrogen and oxygen atoms in total. The van der Waals surface area contributed by atoms with Gasteiger partial charge in [0, 0.05) is 52.7 Å². The molecule has 1 aliphatic heterocycles. The van der Waals surface area contributed by atoms with Gasteiger partial charge in [0.1, 0.15) is 11.5 Å². The number of aromatic nitrogens is 4. The van der Waals surface area contributed by atoms with E-state index in [1.54, 1.807) is 30.2 Å². The summed E-state index contributed by atoms with van der Waals surface area (Å²) in [6.07, 6.45) is 5.34. The highest BCUT2D eigenvalue weighted by atomic mass is 16.2. The molecular weight excluding hydrogens is 306 g/mol. The lowest BCUT2D eigenvalue weighted by Gasteiger charge is -2.33. The van der Waals surface area contributed by atoms with Crippen molar-refractivity contribution in [3.8, 4) is 0 Å². The van der Waals surface area contributed by atoms with Crippen molar-refractivity contribution in [2.24, 2.45) is 7.05 Å². The minimum atomic E-state index is -0.0928. The van der Waals surface area contributed by atoms with Crippen LogP contribution in [0, 0.1) is 0 Å². The van der Waals surface area contributed by atoms with Gasteiger partial charge < -0.3 is 15.1 Å². The first-order valence-electron chi connectivity index (χ1n) is 8.09. The molecule has 1 amide bonds. The van der Waals surface area contributed by atoms with Crippen molar-refractivity contribution in [2.45, 2.75) is 18.9 Å². The van der Waals surface area contributed by atoms with E-state index in [-0.39, 0.29) is 11.9 Å². The van der Waals surface area contributed by atoms with Crippen LogP contribution in [0.25, 0.3) is 0 Å². The van der Waals surface area contributed by atoms with Crippen LogP contribution >= 0.6 is 0 Å². The molecule has 24 heavy (non-hydrogen) atoms. The first-order chi connectivity index (χ1) is 11.5. The van der Waals surface area contributed by atoms with Crippen molar-refractivity contribution in [1.82, 2.24) is 25.1 Å². The minimum Gasteiger partial charge on any atom is -0.363 e. The molecule has 0 radical (unpaired) electrons. The summed E-state index contributed by atoms with van der Waals surface area (Å²) in [5.41, 5.74) is 0.568. The first-order valence-corrected chi connectivity index (χ1v) is 8.09. The number of hydrogen-bond donors (Lipinski definition) is 1. The summed E-state index contributed by atoms with van der Waals surface area (Å²) < 4.78 is 1.58. The highest BCUT2D eigenvalue weighted by Gasteiger charge is 2.24. The van der Waals surface area contributed by atoms with E-state index >= 15 is 0 Å². The third-order valence-electron chi connectivity index (χ3n) is 4.18. The van der Waals surface area contributed by atoms with Crippen LogP contribution in [0.3, 0.4) is 0 Å². The van der Waals surface area contributed by atoms with Crippen molar-refractivity contribution >= 4 is 17.7 Å². The Morgan fingerprint density at radius 2 is 2.17 bits per heavy atom.